The quantitative estimate of drug-likeness (QED) is 0.790. The maximum absolute atomic E-state index is 4.58. The third-order valence-electron chi connectivity index (χ3n) is 3.39. The van der Waals surface area contributed by atoms with E-state index >= 15 is 0 Å². The lowest BCUT2D eigenvalue weighted by atomic mass is 10.1. The molecule has 4 nitrogen and oxygen atoms in total. The maximum Gasteiger partial charge on any atom is 0.208 e. The van der Waals surface area contributed by atoms with Gasteiger partial charge in [0.2, 0.25) is 5.95 Å². The minimum atomic E-state index is 0.142. The van der Waals surface area contributed by atoms with Crippen molar-refractivity contribution in [2.45, 2.75) is 19.9 Å². The SMILES string of the molecule is Cc1cn(-c2ccccc2)c(NC(C)c2cccnc2)n1. The van der Waals surface area contributed by atoms with E-state index in [4.69, 9.17) is 0 Å². The standard InChI is InChI=1S/C17H18N4/c1-13-12-21(16-8-4-3-5-9-16)17(19-13)20-14(2)15-7-6-10-18-11-15/h3-12,14H,1-2H3,(H,19,20). The Kier molecular flexibility index (Phi) is 3.69. The Balaban J connectivity index is 1.90. The largest absolute Gasteiger partial charge is 0.349 e. The molecule has 106 valence electrons. The number of benzene rings is 1. The van der Waals surface area contributed by atoms with Crippen LogP contribution in [0.1, 0.15) is 24.2 Å². The Morgan fingerprint density at radius 3 is 2.62 bits per heavy atom. The van der Waals surface area contributed by atoms with Gasteiger partial charge in [-0.2, -0.15) is 0 Å². The first kappa shape index (κ1) is 13.4. The van der Waals surface area contributed by atoms with Crippen molar-refractivity contribution in [1.29, 1.82) is 0 Å². The number of aromatic nitrogens is 3. The first-order chi connectivity index (χ1) is 10.2. The number of rotatable bonds is 4. The lowest BCUT2D eigenvalue weighted by Gasteiger charge is -2.16. The second-order valence-electron chi connectivity index (χ2n) is 5.06. The third-order valence-corrected chi connectivity index (χ3v) is 3.39. The molecule has 0 aliphatic heterocycles. The zero-order chi connectivity index (χ0) is 14.7. The molecule has 21 heavy (non-hydrogen) atoms. The molecule has 3 aromatic rings. The van der Waals surface area contributed by atoms with Crippen LogP contribution >= 0.6 is 0 Å². The van der Waals surface area contributed by atoms with E-state index < -0.39 is 0 Å². The first-order valence-corrected chi connectivity index (χ1v) is 7.02. The first-order valence-electron chi connectivity index (χ1n) is 7.02. The summed E-state index contributed by atoms with van der Waals surface area (Å²) in [5, 5.41) is 3.46. The molecule has 0 aliphatic carbocycles. The Labute approximate surface area is 124 Å². The molecule has 0 saturated heterocycles. The van der Waals surface area contributed by atoms with Crippen LogP contribution in [0.5, 0.6) is 0 Å². The number of nitrogens with one attached hydrogen (secondary N) is 1. The number of aryl methyl sites for hydroxylation is 1. The minimum Gasteiger partial charge on any atom is -0.349 e. The van der Waals surface area contributed by atoms with Crippen LogP contribution in [0.4, 0.5) is 5.95 Å². The van der Waals surface area contributed by atoms with E-state index in [1.807, 2.05) is 43.6 Å². The van der Waals surface area contributed by atoms with Crippen LogP contribution in [0.25, 0.3) is 5.69 Å². The fraction of sp³-hybridized carbons (Fsp3) is 0.176. The van der Waals surface area contributed by atoms with Gasteiger partial charge in [-0.05, 0) is 37.6 Å². The Hall–Kier alpha value is -2.62. The molecule has 4 heteroatoms. The van der Waals surface area contributed by atoms with Crippen molar-refractivity contribution in [2.75, 3.05) is 5.32 Å². The molecule has 1 N–H and O–H groups in total. The Morgan fingerprint density at radius 2 is 1.90 bits per heavy atom. The predicted octanol–water partition coefficient (Wildman–Crippen LogP) is 3.75. The van der Waals surface area contributed by atoms with Crippen molar-refractivity contribution in [3.63, 3.8) is 0 Å². The third kappa shape index (κ3) is 2.94. The van der Waals surface area contributed by atoms with Crippen LogP contribution < -0.4 is 5.32 Å². The van der Waals surface area contributed by atoms with E-state index in [1.54, 1.807) is 6.20 Å². The summed E-state index contributed by atoms with van der Waals surface area (Å²) in [6.07, 6.45) is 5.69. The summed E-state index contributed by atoms with van der Waals surface area (Å²) in [5.41, 5.74) is 3.22. The molecular formula is C17H18N4. The van der Waals surface area contributed by atoms with Gasteiger partial charge in [0.1, 0.15) is 0 Å². The molecule has 0 radical (unpaired) electrons. The lowest BCUT2D eigenvalue weighted by Crippen LogP contribution is -2.11. The second kappa shape index (κ2) is 5.79. The monoisotopic (exact) mass is 278 g/mol. The fourth-order valence-corrected chi connectivity index (χ4v) is 2.29. The second-order valence-corrected chi connectivity index (χ2v) is 5.06. The molecule has 1 aromatic carbocycles. The van der Waals surface area contributed by atoms with Gasteiger partial charge in [-0.15, -0.1) is 0 Å². The number of pyridine rings is 1. The average molecular weight is 278 g/mol. The van der Waals surface area contributed by atoms with Crippen molar-refractivity contribution in [2.24, 2.45) is 0 Å². The normalized spacial score (nSPS) is 12.1. The van der Waals surface area contributed by atoms with Gasteiger partial charge >= 0.3 is 0 Å². The van der Waals surface area contributed by atoms with Crippen LogP contribution in [0.15, 0.2) is 61.1 Å². The maximum atomic E-state index is 4.58. The number of anilines is 1. The number of hydrogen-bond acceptors (Lipinski definition) is 3. The van der Waals surface area contributed by atoms with Crippen LogP contribution in [-0.2, 0) is 0 Å². The minimum absolute atomic E-state index is 0.142. The van der Waals surface area contributed by atoms with Gasteiger partial charge in [0, 0.05) is 24.3 Å². The average Bonchev–Trinajstić information content (AvgIpc) is 2.89. The van der Waals surface area contributed by atoms with E-state index in [9.17, 15) is 0 Å². The Bertz CT molecular complexity index is 704. The molecule has 2 aromatic heterocycles. The van der Waals surface area contributed by atoms with E-state index in [1.165, 1.54) is 0 Å². The van der Waals surface area contributed by atoms with Crippen LogP contribution in [0.3, 0.4) is 0 Å². The molecule has 0 aliphatic rings. The van der Waals surface area contributed by atoms with E-state index in [0.29, 0.717) is 0 Å². The van der Waals surface area contributed by atoms with Gasteiger partial charge in [-0.1, -0.05) is 24.3 Å². The van der Waals surface area contributed by atoms with Gasteiger partial charge in [0.25, 0.3) is 0 Å². The summed E-state index contributed by atoms with van der Waals surface area (Å²) < 4.78 is 2.07. The zero-order valence-corrected chi connectivity index (χ0v) is 12.2. The van der Waals surface area contributed by atoms with Gasteiger partial charge in [0.05, 0.1) is 11.7 Å². The van der Waals surface area contributed by atoms with Gasteiger partial charge < -0.3 is 5.32 Å². The predicted molar refractivity (Wildman–Crippen MR) is 84.6 cm³/mol. The summed E-state index contributed by atoms with van der Waals surface area (Å²) in [4.78, 5) is 8.75. The molecule has 1 atom stereocenters. The van der Waals surface area contributed by atoms with E-state index in [0.717, 1.165) is 22.9 Å². The summed E-state index contributed by atoms with van der Waals surface area (Å²) in [6.45, 7) is 4.11. The van der Waals surface area contributed by atoms with Crippen molar-refractivity contribution in [3.05, 3.63) is 72.3 Å². The van der Waals surface area contributed by atoms with Crippen LogP contribution in [0, 0.1) is 6.92 Å². The summed E-state index contributed by atoms with van der Waals surface area (Å²) in [6, 6.07) is 14.4. The highest BCUT2D eigenvalue weighted by Gasteiger charge is 2.11. The number of imidazole rings is 1. The molecule has 0 bridgehead atoms. The van der Waals surface area contributed by atoms with Crippen molar-refractivity contribution in [3.8, 4) is 5.69 Å². The molecule has 2 heterocycles. The molecular weight excluding hydrogens is 260 g/mol. The Morgan fingerprint density at radius 1 is 1.10 bits per heavy atom. The van der Waals surface area contributed by atoms with Crippen molar-refractivity contribution < 1.29 is 0 Å². The summed E-state index contributed by atoms with van der Waals surface area (Å²) in [7, 11) is 0. The molecule has 1 unspecified atom stereocenters. The molecule has 0 amide bonds. The van der Waals surface area contributed by atoms with Gasteiger partial charge in [-0.3, -0.25) is 9.55 Å². The van der Waals surface area contributed by atoms with Crippen LogP contribution in [-0.4, -0.2) is 14.5 Å². The molecule has 0 fully saturated rings. The number of hydrogen-bond donors (Lipinski definition) is 1. The summed E-state index contributed by atoms with van der Waals surface area (Å²) in [5.74, 6) is 0.843. The molecule has 3 rings (SSSR count). The highest BCUT2D eigenvalue weighted by Crippen LogP contribution is 2.21. The molecule has 0 saturated carbocycles. The topological polar surface area (TPSA) is 42.7 Å². The van der Waals surface area contributed by atoms with E-state index in [2.05, 4.69) is 45.0 Å². The zero-order valence-electron chi connectivity index (χ0n) is 12.2. The van der Waals surface area contributed by atoms with Crippen molar-refractivity contribution in [1.82, 2.24) is 14.5 Å². The number of nitrogens with zero attached hydrogens (tertiary/aromatic N) is 3. The smallest absolute Gasteiger partial charge is 0.208 e. The van der Waals surface area contributed by atoms with Gasteiger partial charge in [0.15, 0.2) is 0 Å². The highest BCUT2D eigenvalue weighted by molar-refractivity contribution is 5.44. The van der Waals surface area contributed by atoms with E-state index in [-0.39, 0.29) is 6.04 Å². The van der Waals surface area contributed by atoms with Gasteiger partial charge in [-0.25, -0.2) is 4.98 Å². The van der Waals surface area contributed by atoms with Crippen molar-refractivity contribution >= 4 is 5.95 Å². The highest BCUT2D eigenvalue weighted by atomic mass is 15.2. The number of para-hydroxylation sites is 1. The lowest BCUT2D eigenvalue weighted by molar-refractivity contribution is 0.844. The van der Waals surface area contributed by atoms with Crippen LogP contribution in [0.2, 0.25) is 0 Å². The fourth-order valence-electron chi connectivity index (χ4n) is 2.29. The summed E-state index contributed by atoms with van der Waals surface area (Å²) >= 11 is 0. The molecule has 0 spiro atoms.